The summed E-state index contributed by atoms with van der Waals surface area (Å²) in [4.78, 5) is 0. The summed E-state index contributed by atoms with van der Waals surface area (Å²) >= 11 is 0. The quantitative estimate of drug-likeness (QED) is 0.303. The second-order valence-electron chi connectivity index (χ2n) is 10.2. The molecule has 0 spiro atoms. The Hall–Kier alpha value is -2.93. The normalized spacial score (nSPS) is 22.0. The van der Waals surface area contributed by atoms with Crippen LogP contribution in [0.25, 0.3) is 33.2 Å². The molecule has 0 N–H and O–H groups in total. The molecule has 1 heterocycles. The highest BCUT2D eigenvalue weighted by molar-refractivity contribution is 5.94. The molecular formula is C31H32N+. The van der Waals surface area contributed by atoms with Crippen LogP contribution in [0.15, 0.2) is 72.8 Å². The van der Waals surface area contributed by atoms with Crippen molar-refractivity contribution in [3.63, 3.8) is 0 Å². The van der Waals surface area contributed by atoms with Crippen LogP contribution in [0.4, 0.5) is 0 Å². The Balaban J connectivity index is 1.46. The standard InChI is InChI=1S/C31H32N/c1-20-15-24(23-7-5-4-6-8-23)11-13-28(20)31-29-14-12-26(19-27(29)16-21(2)32(31)3)30-18-22-9-10-25(30)17-22/h4-8,11-16,19,22,25,30H,9-10,17-18H2,1-3H3/q+1. The van der Waals surface area contributed by atoms with Crippen molar-refractivity contribution >= 4 is 10.8 Å². The fourth-order valence-electron chi connectivity index (χ4n) is 6.54. The SMILES string of the molecule is Cc1cc(-c2ccccc2)ccc1-c1c2ccc(C3CC4CCC3C4)cc2cc(C)[n+]1C. The van der Waals surface area contributed by atoms with E-state index in [0.717, 1.165) is 17.8 Å². The highest BCUT2D eigenvalue weighted by Crippen LogP contribution is 2.53. The zero-order valence-corrected chi connectivity index (χ0v) is 19.4. The molecule has 0 saturated heterocycles. The van der Waals surface area contributed by atoms with Crippen molar-refractivity contribution in [3.8, 4) is 22.4 Å². The van der Waals surface area contributed by atoms with E-state index in [0.29, 0.717) is 0 Å². The van der Waals surface area contributed by atoms with Gasteiger partial charge in [-0.3, -0.25) is 0 Å². The van der Waals surface area contributed by atoms with Gasteiger partial charge in [-0.25, -0.2) is 0 Å². The van der Waals surface area contributed by atoms with Gasteiger partial charge in [0, 0.05) is 18.6 Å². The third-order valence-electron chi connectivity index (χ3n) is 8.31. The molecule has 160 valence electrons. The van der Waals surface area contributed by atoms with E-state index in [2.05, 4.69) is 98.3 Å². The number of nitrogens with zero attached hydrogens (tertiary/aromatic N) is 1. The fourth-order valence-corrected chi connectivity index (χ4v) is 6.54. The van der Waals surface area contributed by atoms with Gasteiger partial charge in [0.05, 0.1) is 5.39 Å². The first kappa shape index (κ1) is 19.7. The number of hydrogen-bond donors (Lipinski definition) is 0. The highest BCUT2D eigenvalue weighted by Gasteiger charge is 2.40. The van der Waals surface area contributed by atoms with Crippen LogP contribution in [0.3, 0.4) is 0 Å². The molecule has 1 nitrogen and oxygen atoms in total. The van der Waals surface area contributed by atoms with Crippen LogP contribution in [0, 0.1) is 25.7 Å². The van der Waals surface area contributed by atoms with Crippen molar-refractivity contribution in [1.82, 2.24) is 0 Å². The van der Waals surface area contributed by atoms with E-state index in [1.165, 1.54) is 70.1 Å². The number of rotatable bonds is 3. The number of benzene rings is 3. The maximum Gasteiger partial charge on any atom is 0.220 e. The molecule has 3 atom stereocenters. The van der Waals surface area contributed by atoms with Gasteiger partial charge in [0.2, 0.25) is 5.69 Å². The first-order valence-corrected chi connectivity index (χ1v) is 12.2. The molecule has 32 heavy (non-hydrogen) atoms. The molecule has 4 aromatic rings. The summed E-state index contributed by atoms with van der Waals surface area (Å²) in [7, 11) is 2.21. The molecule has 3 unspecified atom stereocenters. The van der Waals surface area contributed by atoms with Crippen molar-refractivity contribution in [3.05, 3.63) is 89.6 Å². The molecule has 2 aliphatic rings. The first-order valence-electron chi connectivity index (χ1n) is 12.2. The lowest BCUT2D eigenvalue weighted by atomic mass is 9.82. The van der Waals surface area contributed by atoms with Gasteiger partial charge in [0.15, 0.2) is 5.69 Å². The van der Waals surface area contributed by atoms with E-state index in [9.17, 15) is 0 Å². The van der Waals surface area contributed by atoms with E-state index in [1.54, 1.807) is 5.56 Å². The number of aryl methyl sites for hydroxylation is 2. The van der Waals surface area contributed by atoms with Gasteiger partial charge in [0.25, 0.3) is 0 Å². The van der Waals surface area contributed by atoms with Crippen molar-refractivity contribution in [2.24, 2.45) is 18.9 Å². The fraction of sp³-hybridized carbons (Fsp3) is 0.323. The van der Waals surface area contributed by atoms with Gasteiger partial charge < -0.3 is 0 Å². The molecular weight excluding hydrogens is 386 g/mol. The second kappa shape index (κ2) is 7.59. The molecule has 2 fully saturated rings. The summed E-state index contributed by atoms with van der Waals surface area (Å²) in [5, 5.41) is 2.75. The van der Waals surface area contributed by atoms with Crippen LogP contribution in [0.1, 0.15) is 48.4 Å². The Morgan fingerprint density at radius 2 is 1.62 bits per heavy atom. The van der Waals surface area contributed by atoms with Gasteiger partial charge in [0.1, 0.15) is 7.05 Å². The van der Waals surface area contributed by atoms with Gasteiger partial charge in [-0.2, -0.15) is 4.57 Å². The van der Waals surface area contributed by atoms with Crippen LogP contribution in [-0.4, -0.2) is 0 Å². The predicted octanol–water partition coefficient (Wildman–Crippen LogP) is 7.52. The molecule has 3 aromatic carbocycles. The van der Waals surface area contributed by atoms with E-state index in [-0.39, 0.29) is 0 Å². The Morgan fingerprint density at radius 1 is 0.781 bits per heavy atom. The summed E-state index contributed by atoms with van der Waals surface area (Å²) in [5.74, 6) is 2.69. The van der Waals surface area contributed by atoms with Crippen LogP contribution in [0.2, 0.25) is 0 Å². The summed E-state index contributed by atoms with van der Waals surface area (Å²) in [5.41, 5.74) is 9.42. The topological polar surface area (TPSA) is 3.88 Å². The summed E-state index contributed by atoms with van der Waals surface area (Å²) in [6.07, 6.45) is 5.77. The van der Waals surface area contributed by atoms with Crippen LogP contribution in [-0.2, 0) is 7.05 Å². The molecule has 2 aliphatic carbocycles. The summed E-state index contributed by atoms with van der Waals surface area (Å²) in [6.45, 7) is 4.49. The molecule has 0 radical (unpaired) electrons. The summed E-state index contributed by atoms with van der Waals surface area (Å²) in [6, 6.07) is 27.3. The van der Waals surface area contributed by atoms with Crippen molar-refractivity contribution < 1.29 is 4.57 Å². The third kappa shape index (κ3) is 3.18. The van der Waals surface area contributed by atoms with Gasteiger partial charge in [-0.15, -0.1) is 0 Å². The predicted molar refractivity (Wildman–Crippen MR) is 134 cm³/mol. The van der Waals surface area contributed by atoms with Crippen LogP contribution in [0.5, 0.6) is 0 Å². The first-order chi connectivity index (χ1) is 15.6. The van der Waals surface area contributed by atoms with E-state index in [4.69, 9.17) is 0 Å². The van der Waals surface area contributed by atoms with Gasteiger partial charge >= 0.3 is 0 Å². The van der Waals surface area contributed by atoms with Gasteiger partial charge in [-0.05, 0) is 83.7 Å². The van der Waals surface area contributed by atoms with Crippen molar-refractivity contribution in [2.45, 2.75) is 45.4 Å². The second-order valence-corrected chi connectivity index (χ2v) is 10.2. The zero-order chi connectivity index (χ0) is 21.8. The lowest BCUT2D eigenvalue weighted by Gasteiger charge is -2.22. The molecule has 1 aromatic heterocycles. The number of aromatic nitrogens is 1. The minimum absolute atomic E-state index is 0.780. The Labute approximate surface area is 191 Å². The lowest BCUT2D eigenvalue weighted by Crippen LogP contribution is -2.35. The minimum Gasteiger partial charge on any atom is -0.198 e. The highest BCUT2D eigenvalue weighted by atomic mass is 14.9. The largest absolute Gasteiger partial charge is 0.220 e. The van der Waals surface area contributed by atoms with Crippen molar-refractivity contribution in [1.29, 1.82) is 0 Å². The lowest BCUT2D eigenvalue weighted by molar-refractivity contribution is -0.665. The monoisotopic (exact) mass is 418 g/mol. The molecule has 2 bridgehead atoms. The maximum atomic E-state index is 2.50. The van der Waals surface area contributed by atoms with E-state index in [1.807, 2.05) is 0 Å². The molecule has 2 saturated carbocycles. The third-order valence-corrected chi connectivity index (χ3v) is 8.31. The smallest absolute Gasteiger partial charge is 0.198 e. The van der Waals surface area contributed by atoms with Crippen LogP contribution < -0.4 is 4.57 Å². The average Bonchev–Trinajstić information content (AvgIpc) is 3.45. The minimum atomic E-state index is 0.780. The molecule has 0 aliphatic heterocycles. The summed E-state index contributed by atoms with van der Waals surface area (Å²) < 4.78 is 2.37. The van der Waals surface area contributed by atoms with E-state index < -0.39 is 0 Å². The van der Waals surface area contributed by atoms with E-state index >= 15 is 0 Å². The van der Waals surface area contributed by atoms with Crippen molar-refractivity contribution in [2.75, 3.05) is 0 Å². The Morgan fingerprint density at radius 3 is 2.34 bits per heavy atom. The molecule has 0 amide bonds. The number of fused-ring (bicyclic) bond motifs is 3. The Bertz CT molecular complexity index is 1320. The Kier molecular flexibility index (Phi) is 4.68. The van der Waals surface area contributed by atoms with Crippen LogP contribution >= 0.6 is 0 Å². The number of pyridine rings is 1. The maximum absolute atomic E-state index is 2.50. The molecule has 6 rings (SSSR count). The number of hydrogen-bond acceptors (Lipinski definition) is 0. The zero-order valence-electron chi connectivity index (χ0n) is 19.4. The molecule has 1 heteroatoms. The average molecular weight is 419 g/mol. The van der Waals surface area contributed by atoms with Gasteiger partial charge in [-0.1, -0.05) is 61.0 Å².